The monoisotopic (exact) mass is 554 g/mol. The van der Waals surface area contributed by atoms with E-state index in [4.69, 9.17) is 14.6 Å². The summed E-state index contributed by atoms with van der Waals surface area (Å²) in [4.78, 5) is 49.9. The molecular weight excluding hydrogens is 524 g/mol. The van der Waals surface area contributed by atoms with Gasteiger partial charge in [-0.05, 0) is 37.5 Å². The zero-order valence-electron chi connectivity index (χ0n) is 22.8. The van der Waals surface area contributed by atoms with Crippen LogP contribution in [0.3, 0.4) is 0 Å². The number of nitrogens with zero attached hydrogens (tertiary/aromatic N) is 5. The minimum absolute atomic E-state index is 0.106. The van der Waals surface area contributed by atoms with Crippen LogP contribution in [0.1, 0.15) is 53.4 Å². The summed E-state index contributed by atoms with van der Waals surface area (Å²) in [6.07, 6.45) is -0.379. The van der Waals surface area contributed by atoms with Gasteiger partial charge in [0.1, 0.15) is 16.9 Å². The third-order valence-corrected chi connectivity index (χ3v) is 6.97. The Morgan fingerprint density at radius 3 is 2.56 bits per heavy atom. The van der Waals surface area contributed by atoms with E-state index in [1.54, 1.807) is 22.5 Å². The van der Waals surface area contributed by atoms with E-state index in [-0.39, 0.29) is 42.5 Å². The highest BCUT2D eigenvalue weighted by Crippen LogP contribution is 2.27. The first-order chi connectivity index (χ1) is 19.9. The second-order valence-electron chi connectivity index (χ2n) is 9.69. The first kappa shape index (κ1) is 27.5. The first-order valence-corrected chi connectivity index (χ1v) is 13.4. The predicted molar refractivity (Wildman–Crippen MR) is 153 cm³/mol. The molecule has 210 valence electrons. The molecule has 0 bridgehead atoms. The lowest BCUT2D eigenvalue weighted by Crippen LogP contribution is -2.40. The Bertz CT molecular complexity index is 1760. The highest BCUT2D eigenvalue weighted by Gasteiger charge is 2.31. The van der Waals surface area contributed by atoms with Gasteiger partial charge in [-0.2, -0.15) is 4.98 Å². The van der Waals surface area contributed by atoms with Crippen LogP contribution in [-0.4, -0.2) is 54.8 Å². The van der Waals surface area contributed by atoms with Gasteiger partial charge in [0.05, 0.1) is 23.8 Å². The highest BCUT2D eigenvalue weighted by atomic mass is 16.5. The number of para-hydroxylation sites is 1. The van der Waals surface area contributed by atoms with E-state index < -0.39 is 12.1 Å². The Hall–Kier alpha value is -5.06. The number of carbonyl (C=O) groups excluding carboxylic acids is 1. The maximum absolute atomic E-state index is 14.1. The normalized spacial score (nSPS) is 12.0. The first-order valence-electron chi connectivity index (χ1n) is 13.4. The number of carbonyl (C=O) groups is 2. The number of benzene rings is 2. The van der Waals surface area contributed by atoms with Crippen LogP contribution in [0.25, 0.3) is 22.0 Å². The molecule has 0 aliphatic heterocycles. The van der Waals surface area contributed by atoms with Gasteiger partial charge >= 0.3 is 6.09 Å². The average molecular weight is 555 g/mol. The molecule has 0 saturated carbocycles. The fourth-order valence-electron chi connectivity index (χ4n) is 4.98. The molecule has 5 aromatic rings. The van der Waals surface area contributed by atoms with E-state index in [1.807, 2.05) is 67.6 Å². The van der Waals surface area contributed by atoms with Crippen LogP contribution in [0.4, 0.5) is 4.79 Å². The van der Waals surface area contributed by atoms with Crippen LogP contribution < -0.4 is 10.9 Å². The molecule has 41 heavy (non-hydrogen) atoms. The van der Waals surface area contributed by atoms with Crippen molar-refractivity contribution in [2.45, 2.75) is 39.3 Å². The number of aryl methyl sites for hydroxylation is 1. The van der Waals surface area contributed by atoms with E-state index in [1.165, 1.54) is 0 Å². The van der Waals surface area contributed by atoms with E-state index >= 15 is 0 Å². The summed E-state index contributed by atoms with van der Waals surface area (Å²) in [5.74, 6) is -0.00220. The van der Waals surface area contributed by atoms with Crippen LogP contribution in [0, 0.1) is 6.92 Å². The molecule has 0 aliphatic carbocycles. The lowest BCUT2D eigenvalue weighted by Gasteiger charge is -2.32. The topological polar surface area (TPSA) is 143 Å². The molecule has 1 unspecified atom stereocenters. The second kappa shape index (κ2) is 12.0. The summed E-state index contributed by atoms with van der Waals surface area (Å²) >= 11 is 0. The summed E-state index contributed by atoms with van der Waals surface area (Å²) in [5, 5.41) is 16.5. The molecule has 0 spiro atoms. The van der Waals surface area contributed by atoms with Gasteiger partial charge in [0.15, 0.2) is 0 Å². The predicted octanol–water partition coefficient (Wildman–Crippen LogP) is 4.54. The van der Waals surface area contributed by atoms with Gasteiger partial charge in [-0.1, -0.05) is 66.7 Å². The number of hydrogen-bond acceptors (Lipinski definition) is 7. The number of fused-ring (bicyclic) bond motifs is 2. The van der Waals surface area contributed by atoms with Crippen LogP contribution in [0.2, 0.25) is 0 Å². The third kappa shape index (κ3) is 5.79. The van der Waals surface area contributed by atoms with Crippen LogP contribution in [0.5, 0.6) is 0 Å². The number of nitrogens with one attached hydrogen (secondary N) is 1. The number of amides is 2. The number of carboxylic acid groups (broad SMARTS) is 1. The van der Waals surface area contributed by atoms with Crippen molar-refractivity contribution in [3.63, 3.8) is 0 Å². The van der Waals surface area contributed by atoms with Crippen molar-refractivity contribution in [2.75, 3.05) is 13.1 Å². The molecule has 0 fully saturated rings. The molecular formula is C30H30N6O5. The van der Waals surface area contributed by atoms with Crippen molar-refractivity contribution in [3.05, 3.63) is 99.9 Å². The van der Waals surface area contributed by atoms with E-state index in [0.717, 1.165) is 10.9 Å². The summed E-state index contributed by atoms with van der Waals surface area (Å²) in [6.45, 7) is 4.17. The Morgan fingerprint density at radius 2 is 1.80 bits per heavy atom. The third-order valence-electron chi connectivity index (χ3n) is 6.97. The Morgan fingerprint density at radius 1 is 1.05 bits per heavy atom. The second-order valence-corrected chi connectivity index (χ2v) is 9.69. The fraction of sp³-hybridized carbons (Fsp3) is 0.267. The van der Waals surface area contributed by atoms with E-state index in [2.05, 4.69) is 15.5 Å². The standard InChI is InChI=1S/C30H30N6O5/c1-3-24(26-33-27-25(19(2)34-41-27)29(38)36(26)18-20-10-5-4-6-11-20)35(17-9-16-31-30(39)40)28(37)23-15-14-21-12-7-8-13-22(21)32-23/h4-8,10-15,24,31H,3,9,16-18H2,1-2H3,(H,39,40). The molecule has 0 aliphatic rings. The van der Waals surface area contributed by atoms with Crippen LogP contribution in [-0.2, 0) is 6.54 Å². The van der Waals surface area contributed by atoms with Crippen molar-refractivity contribution in [3.8, 4) is 0 Å². The van der Waals surface area contributed by atoms with Crippen molar-refractivity contribution in [2.24, 2.45) is 0 Å². The zero-order chi connectivity index (χ0) is 28.9. The molecule has 2 amide bonds. The van der Waals surface area contributed by atoms with Crippen molar-refractivity contribution >= 4 is 34.0 Å². The molecule has 2 aromatic carbocycles. The quantitative estimate of drug-likeness (QED) is 0.240. The van der Waals surface area contributed by atoms with Crippen molar-refractivity contribution < 1.29 is 19.2 Å². The fourth-order valence-corrected chi connectivity index (χ4v) is 4.98. The maximum Gasteiger partial charge on any atom is 0.404 e. The SMILES string of the molecule is CCC(c1nc2onc(C)c2c(=O)n1Cc1ccccc1)N(CCCNC(=O)O)C(=O)c1ccc2ccccc2n1. The van der Waals surface area contributed by atoms with Gasteiger partial charge in [-0.15, -0.1) is 0 Å². The zero-order valence-corrected chi connectivity index (χ0v) is 22.8. The lowest BCUT2D eigenvalue weighted by molar-refractivity contribution is 0.0648. The number of hydrogen-bond donors (Lipinski definition) is 2. The van der Waals surface area contributed by atoms with E-state index in [9.17, 15) is 14.4 Å². The molecule has 3 aromatic heterocycles. The van der Waals surface area contributed by atoms with Gasteiger partial charge in [0.25, 0.3) is 17.2 Å². The molecule has 2 N–H and O–H groups in total. The summed E-state index contributed by atoms with van der Waals surface area (Å²) in [7, 11) is 0. The average Bonchev–Trinajstić information content (AvgIpc) is 3.36. The lowest BCUT2D eigenvalue weighted by atomic mass is 10.1. The maximum atomic E-state index is 14.1. The highest BCUT2D eigenvalue weighted by molar-refractivity contribution is 5.95. The van der Waals surface area contributed by atoms with Gasteiger partial charge in [0.2, 0.25) is 0 Å². The largest absolute Gasteiger partial charge is 0.465 e. The Balaban J connectivity index is 1.61. The van der Waals surface area contributed by atoms with Gasteiger partial charge in [-0.25, -0.2) is 9.78 Å². The minimum Gasteiger partial charge on any atom is -0.465 e. The molecule has 5 rings (SSSR count). The summed E-state index contributed by atoms with van der Waals surface area (Å²) in [5.41, 5.74) is 2.04. The van der Waals surface area contributed by atoms with E-state index in [0.29, 0.717) is 35.3 Å². The molecule has 11 nitrogen and oxygen atoms in total. The minimum atomic E-state index is -1.14. The van der Waals surface area contributed by atoms with Gasteiger partial charge in [-0.3, -0.25) is 14.2 Å². The van der Waals surface area contributed by atoms with Gasteiger partial charge < -0.3 is 19.8 Å². The molecule has 1 atom stereocenters. The number of aromatic nitrogens is 4. The Labute approximate surface area is 235 Å². The molecule has 3 heterocycles. The summed E-state index contributed by atoms with van der Waals surface area (Å²) in [6, 6.07) is 19.9. The molecule has 11 heteroatoms. The van der Waals surface area contributed by atoms with Crippen LogP contribution >= 0.6 is 0 Å². The molecule has 0 saturated heterocycles. The van der Waals surface area contributed by atoms with Crippen molar-refractivity contribution in [1.82, 2.24) is 29.9 Å². The number of rotatable bonds is 10. The van der Waals surface area contributed by atoms with Crippen LogP contribution in [0.15, 0.2) is 76.0 Å². The van der Waals surface area contributed by atoms with Gasteiger partial charge in [0, 0.05) is 18.5 Å². The smallest absolute Gasteiger partial charge is 0.404 e. The molecule has 0 radical (unpaired) electrons. The van der Waals surface area contributed by atoms with Crippen molar-refractivity contribution in [1.29, 1.82) is 0 Å². The summed E-state index contributed by atoms with van der Waals surface area (Å²) < 4.78 is 6.97. The number of pyridine rings is 1. The Kier molecular flexibility index (Phi) is 8.04.